The number of anilines is 2. The number of pyridine rings is 1. The van der Waals surface area contributed by atoms with Crippen LogP contribution in [0.1, 0.15) is 24.3 Å². The number of hydrogen-bond donors (Lipinski definition) is 2. The number of carbonyl (C=O) groups excluding carboxylic acids is 1. The Balaban J connectivity index is 1.96. The Labute approximate surface area is 149 Å². The van der Waals surface area contributed by atoms with Crippen LogP contribution in [0.4, 0.5) is 11.4 Å². The molecule has 2 aromatic rings. The molecule has 1 heterocycles. The van der Waals surface area contributed by atoms with Crippen LogP contribution in [0.15, 0.2) is 42.6 Å². The number of amides is 1. The van der Waals surface area contributed by atoms with Gasteiger partial charge >= 0.3 is 0 Å². The van der Waals surface area contributed by atoms with Gasteiger partial charge in [-0.1, -0.05) is 0 Å². The van der Waals surface area contributed by atoms with Gasteiger partial charge < -0.3 is 20.3 Å². The summed E-state index contributed by atoms with van der Waals surface area (Å²) in [7, 11) is 4.04. The Hall–Kier alpha value is -2.60. The van der Waals surface area contributed by atoms with Crippen LogP contribution in [0.5, 0.6) is 5.75 Å². The fourth-order valence-corrected chi connectivity index (χ4v) is 2.17. The zero-order chi connectivity index (χ0) is 18.2. The van der Waals surface area contributed by atoms with Gasteiger partial charge in [0.05, 0.1) is 6.10 Å². The zero-order valence-electron chi connectivity index (χ0n) is 15.2. The van der Waals surface area contributed by atoms with E-state index in [2.05, 4.69) is 20.5 Å². The quantitative estimate of drug-likeness (QED) is 0.772. The van der Waals surface area contributed by atoms with Crippen LogP contribution in [0, 0.1) is 0 Å². The molecule has 1 aromatic heterocycles. The first kappa shape index (κ1) is 18.7. The highest BCUT2D eigenvalue weighted by molar-refractivity contribution is 6.03. The number of nitrogens with one attached hydrogen (secondary N) is 2. The molecular formula is C19H26N4O2. The SMILES string of the molecule is CC(C)Oc1ccc(NC(=O)c2cc(NCCN(C)C)ccn2)cc1. The second kappa shape index (κ2) is 9.03. The van der Waals surface area contributed by atoms with E-state index in [0.29, 0.717) is 11.4 Å². The van der Waals surface area contributed by atoms with E-state index in [1.54, 1.807) is 12.3 Å². The summed E-state index contributed by atoms with van der Waals surface area (Å²) < 4.78 is 5.59. The molecule has 1 amide bonds. The standard InChI is InChI=1S/C19H26N4O2/c1-14(2)25-17-7-5-15(6-8-17)22-19(24)18-13-16(9-10-21-18)20-11-12-23(3)4/h5-10,13-14H,11-12H2,1-4H3,(H,20,21)(H,22,24). The number of likely N-dealkylation sites (N-methyl/N-ethyl adjacent to an activating group) is 1. The van der Waals surface area contributed by atoms with Crippen molar-refractivity contribution >= 4 is 17.3 Å². The molecule has 0 aliphatic rings. The molecule has 2 N–H and O–H groups in total. The summed E-state index contributed by atoms with van der Waals surface area (Å²) in [6, 6.07) is 10.9. The Morgan fingerprint density at radius 3 is 2.52 bits per heavy atom. The maximum atomic E-state index is 12.4. The van der Waals surface area contributed by atoms with Gasteiger partial charge in [-0.2, -0.15) is 0 Å². The van der Waals surface area contributed by atoms with Crippen molar-refractivity contribution in [3.05, 3.63) is 48.3 Å². The average Bonchev–Trinajstić information content (AvgIpc) is 2.56. The van der Waals surface area contributed by atoms with Gasteiger partial charge in [0.25, 0.3) is 5.91 Å². The number of benzene rings is 1. The summed E-state index contributed by atoms with van der Waals surface area (Å²) in [4.78, 5) is 18.6. The van der Waals surface area contributed by atoms with Crippen LogP contribution in [0.3, 0.4) is 0 Å². The number of nitrogens with zero attached hydrogens (tertiary/aromatic N) is 2. The van der Waals surface area contributed by atoms with Crippen molar-refractivity contribution in [1.82, 2.24) is 9.88 Å². The Kier molecular flexibility index (Phi) is 6.77. The molecular weight excluding hydrogens is 316 g/mol. The van der Waals surface area contributed by atoms with Crippen LogP contribution < -0.4 is 15.4 Å². The van der Waals surface area contributed by atoms with Crippen molar-refractivity contribution in [2.75, 3.05) is 37.8 Å². The zero-order valence-corrected chi connectivity index (χ0v) is 15.2. The Morgan fingerprint density at radius 2 is 1.88 bits per heavy atom. The first-order valence-electron chi connectivity index (χ1n) is 8.37. The third kappa shape index (κ3) is 6.43. The normalized spacial score (nSPS) is 10.8. The molecule has 2 rings (SSSR count). The lowest BCUT2D eigenvalue weighted by Crippen LogP contribution is -2.21. The molecule has 25 heavy (non-hydrogen) atoms. The minimum Gasteiger partial charge on any atom is -0.491 e. The maximum Gasteiger partial charge on any atom is 0.274 e. The second-order valence-corrected chi connectivity index (χ2v) is 6.30. The predicted octanol–water partition coefficient (Wildman–Crippen LogP) is 3.09. The van der Waals surface area contributed by atoms with Crippen molar-refractivity contribution in [3.63, 3.8) is 0 Å². The van der Waals surface area contributed by atoms with Crippen LogP contribution in [0.25, 0.3) is 0 Å². The lowest BCUT2D eigenvalue weighted by Gasteiger charge is -2.12. The van der Waals surface area contributed by atoms with E-state index in [4.69, 9.17) is 4.74 Å². The molecule has 6 heteroatoms. The largest absolute Gasteiger partial charge is 0.491 e. The first-order valence-corrected chi connectivity index (χ1v) is 8.37. The molecule has 0 aliphatic carbocycles. The van der Waals surface area contributed by atoms with Gasteiger partial charge in [-0.15, -0.1) is 0 Å². The number of carbonyl (C=O) groups is 1. The fourth-order valence-electron chi connectivity index (χ4n) is 2.17. The van der Waals surface area contributed by atoms with Gasteiger partial charge in [-0.25, -0.2) is 0 Å². The highest BCUT2D eigenvalue weighted by Gasteiger charge is 2.09. The van der Waals surface area contributed by atoms with E-state index >= 15 is 0 Å². The molecule has 0 bridgehead atoms. The second-order valence-electron chi connectivity index (χ2n) is 6.30. The van der Waals surface area contributed by atoms with Gasteiger partial charge in [-0.3, -0.25) is 9.78 Å². The third-order valence-electron chi connectivity index (χ3n) is 3.36. The highest BCUT2D eigenvalue weighted by atomic mass is 16.5. The molecule has 0 atom stereocenters. The smallest absolute Gasteiger partial charge is 0.274 e. The van der Waals surface area contributed by atoms with Crippen molar-refractivity contribution < 1.29 is 9.53 Å². The number of hydrogen-bond acceptors (Lipinski definition) is 5. The lowest BCUT2D eigenvalue weighted by atomic mass is 10.2. The van der Waals surface area contributed by atoms with Crippen molar-refractivity contribution in [3.8, 4) is 5.75 Å². The van der Waals surface area contributed by atoms with Gasteiger partial charge in [0.15, 0.2) is 0 Å². The summed E-state index contributed by atoms with van der Waals surface area (Å²) >= 11 is 0. The molecule has 0 unspecified atom stereocenters. The van der Waals surface area contributed by atoms with Gasteiger partial charge in [0.1, 0.15) is 11.4 Å². The summed E-state index contributed by atoms with van der Waals surface area (Å²) in [6.45, 7) is 5.66. The lowest BCUT2D eigenvalue weighted by molar-refractivity contribution is 0.102. The van der Waals surface area contributed by atoms with Crippen LogP contribution >= 0.6 is 0 Å². The first-order chi connectivity index (χ1) is 11.9. The number of rotatable bonds is 8. The maximum absolute atomic E-state index is 12.4. The average molecular weight is 342 g/mol. The summed E-state index contributed by atoms with van der Waals surface area (Å²) in [5, 5.41) is 6.13. The van der Waals surface area contributed by atoms with E-state index < -0.39 is 0 Å². The summed E-state index contributed by atoms with van der Waals surface area (Å²) in [5.74, 6) is 0.534. The van der Waals surface area contributed by atoms with E-state index in [0.717, 1.165) is 24.5 Å². The fraction of sp³-hybridized carbons (Fsp3) is 0.368. The summed E-state index contributed by atoms with van der Waals surface area (Å²) in [6.07, 6.45) is 1.75. The van der Waals surface area contributed by atoms with Crippen molar-refractivity contribution in [2.45, 2.75) is 20.0 Å². The van der Waals surface area contributed by atoms with E-state index in [9.17, 15) is 4.79 Å². The molecule has 1 aromatic carbocycles. The monoisotopic (exact) mass is 342 g/mol. The molecule has 6 nitrogen and oxygen atoms in total. The van der Waals surface area contributed by atoms with Gasteiger partial charge in [-0.05, 0) is 64.3 Å². The molecule has 0 spiro atoms. The minimum atomic E-state index is -0.242. The Morgan fingerprint density at radius 1 is 1.16 bits per heavy atom. The van der Waals surface area contributed by atoms with E-state index in [-0.39, 0.29) is 12.0 Å². The molecule has 0 radical (unpaired) electrons. The van der Waals surface area contributed by atoms with Crippen molar-refractivity contribution in [2.24, 2.45) is 0 Å². The highest BCUT2D eigenvalue weighted by Crippen LogP contribution is 2.18. The molecule has 0 saturated heterocycles. The molecule has 134 valence electrons. The van der Waals surface area contributed by atoms with Crippen LogP contribution in [-0.2, 0) is 0 Å². The topological polar surface area (TPSA) is 66.5 Å². The molecule has 0 aliphatic heterocycles. The van der Waals surface area contributed by atoms with Gasteiger partial charge in [0, 0.05) is 30.7 Å². The number of ether oxygens (including phenoxy) is 1. The van der Waals surface area contributed by atoms with Crippen LogP contribution in [-0.4, -0.2) is 49.1 Å². The minimum absolute atomic E-state index is 0.118. The van der Waals surface area contributed by atoms with E-state index in [1.165, 1.54) is 0 Å². The van der Waals surface area contributed by atoms with Crippen LogP contribution in [0.2, 0.25) is 0 Å². The molecule has 0 saturated carbocycles. The van der Waals surface area contributed by atoms with Crippen molar-refractivity contribution in [1.29, 1.82) is 0 Å². The Bertz CT molecular complexity index is 684. The van der Waals surface area contributed by atoms with Gasteiger partial charge in [0.2, 0.25) is 0 Å². The predicted molar refractivity (Wildman–Crippen MR) is 101 cm³/mol. The number of aromatic nitrogens is 1. The third-order valence-corrected chi connectivity index (χ3v) is 3.36. The summed E-state index contributed by atoms with van der Waals surface area (Å²) in [5.41, 5.74) is 1.95. The van der Waals surface area contributed by atoms with E-state index in [1.807, 2.05) is 58.3 Å². The molecule has 0 fully saturated rings.